The van der Waals surface area contributed by atoms with Gasteiger partial charge in [-0.15, -0.1) is 0 Å². The van der Waals surface area contributed by atoms with E-state index in [-0.39, 0.29) is 24.8 Å². The van der Waals surface area contributed by atoms with Gasteiger partial charge in [0.1, 0.15) is 14.0 Å². The lowest BCUT2D eigenvalue weighted by molar-refractivity contribution is -0.0169. The highest BCUT2D eigenvalue weighted by Crippen LogP contribution is 2.43. The molecule has 0 aromatic carbocycles. The van der Waals surface area contributed by atoms with Crippen molar-refractivity contribution in [2.24, 2.45) is 0 Å². The van der Waals surface area contributed by atoms with E-state index in [9.17, 15) is 4.57 Å². The van der Waals surface area contributed by atoms with Gasteiger partial charge in [0.15, 0.2) is 0 Å². The molecule has 1 saturated heterocycles. The van der Waals surface area contributed by atoms with E-state index in [1.54, 1.807) is 7.11 Å². The van der Waals surface area contributed by atoms with E-state index in [2.05, 4.69) is 0 Å². The predicted molar refractivity (Wildman–Crippen MR) is 56.3 cm³/mol. The Labute approximate surface area is 91.4 Å². The molecular weight excluding hydrogens is 218 g/mol. The normalized spacial score (nSPS) is 35.3. The second kappa shape index (κ2) is 5.46. The second-order valence-corrected chi connectivity index (χ2v) is 5.64. The van der Waals surface area contributed by atoms with Gasteiger partial charge in [0, 0.05) is 26.9 Å². The standard InChI is InChI=1S/C8H16BO5P/c1-11-6-4-8(9)14-7(6)5-13-15(3,10)12-2/h6-8H,4-5H2,1-3H3. The zero-order valence-corrected chi connectivity index (χ0v) is 10.1. The van der Waals surface area contributed by atoms with Gasteiger partial charge in [-0.25, -0.2) is 0 Å². The predicted octanol–water partition coefficient (Wildman–Crippen LogP) is 0.771. The first-order valence-electron chi connectivity index (χ1n) is 4.70. The number of hydrogen-bond donors (Lipinski definition) is 0. The van der Waals surface area contributed by atoms with Gasteiger partial charge in [-0.2, -0.15) is 0 Å². The highest BCUT2D eigenvalue weighted by atomic mass is 31.2. The number of ether oxygens (including phenoxy) is 2. The van der Waals surface area contributed by atoms with Crippen molar-refractivity contribution in [2.75, 3.05) is 27.5 Å². The third-order valence-electron chi connectivity index (χ3n) is 2.34. The van der Waals surface area contributed by atoms with Crippen LogP contribution in [-0.2, 0) is 23.1 Å². The van der Waals surface area contributed by atoms with Crippen LogP contribution in [0.5, 0.6) is 0 Å². The minimum atomic E-state index is -2.96. The molecule has 15 heavy (non-hydrogen) atoms. The summed E-state index contributed by atoms with van der Waals surface area (Å²) < 4.78 is 31.8. The molecule has 1 aliphatic rings. The van der Waals surface area contributed by atoms with Crippen LogP contribution in [0.4, 0.5) is 0 Å². The fraction of sp³-hybridized carbons (Fsp3) is 1.00. The first kappa shape index (κ1) is 13.2. The van der Waals surface area contributed by atoms with Gasteiger partial charge in [-0.05, 0) is 6.42 Å². The minimum Gasteiger partial charge on any atom is -0.380 e. The lowest BCUT2D eigenvalue weighted by Gasteiger charge is -2.19. The molecule has 0 bridgehead atoms. The van der Waals surface area contributed by atoms with Crippen molar-refractivity contribution in [1.29, 1.82) is 0 Å². The highest BCUT2D eigenvalue weighted by Gasteiger charge is 2.34. The van der Waals surface area contributed by atoms with Crippen molar-refractivity contribution in [3.63, 3.8) is 0 Å². The van der Waals surface area contributed by atoms with Gasteiger partial charge in [-0.1, -0.05) is 0 Å². The van der Waals surface area contributed by atoms with E-state index in [1.807, 2.05) is 0 Å². The second-order valence-electron chi connectivity index (χ2n) is 3.47. The molecule has 0 aromatic rings. The molecule has 0 saturated carbocycles. The summed E-state index contributed by atoms with van der Waals surface area (Å²) in [6.45, 7) is 1.57. The summed E-state index contributed by atoms with van der Waals surface area (Å²) >= 11 is 0. The Morgan fingerprint density at radius 2 is 2.20 bits per heavy atom. The molecule has 1 heterocycles. The maximum atomic E-state index is 11.4. The van der Waals surface area contributed by atoms with Crippen molar-refractivity contribution >= 4 is 15.4 Å². The molecule has 0 aliphatic carbocycles. The van der Waals surface area contributed by atoms with Crippen molar-refractivity contribution in [3.05, 3.63) is 0 Å². The van der Waals surface area contributed by atoms with Crippen molar-refractivity contribution in [2.45, 2.75) is 24.6 Å². The smallest absolute Gasteiger partial charge is 0.327 e. The van der Waals surface area contributed by atoms with E-state index in [0.717, 1.165) is 0 Å². The Kier molecular flexibility index (Phi) is 4.80. The Balaban J connectivity index is 2.41. The van der Waals surface area contributed by atoms with Crippen LogP contribution in [0.25, 0.3) is 0 Å². The summed E-state index contributed by atoms with van der Waals surface area (Å²) in [6.07, 6.45) is 0.219. The van der Waals surface area contributed by atoms with Crippen LogP contribution >= 0.6 is 7.60 Å². The van der Waals surface area contributed by atoms with Crippen LogP contribution in [0, 0.1) is 0 Å². The molecule has 1 rings (SSSR count). The highest BCUT2D eigenvalue weighted by molar-refractivity contribution is 7.52. The molecule has 7 heteroatoms. The SMILES string of the molecule is [B]C1CC(OC)C(COP(C)(=O)OC)O1. The van der Waals surface area contributed by atoms with E-state index >= 15 is 0 Å². The monoisotopic (exact) mass is 234 g/mol. The molecule has 4 unspecified atom stereocenters. The average Bonchev–Trinajstić information content (AvgIpc) is 2.56. The maximum Gasteiger partial charge on any atom is 0.327 e. The average molecular weight is 234 g/mol. The molecule has 4 atom stereocenters. The fourth-order valence-corrected chi connectivity index (χ4v) is 1.93. The quantitative estimate of drug-likeness (QED) is 0.519. The van der Waals surface area contributed by atoms with Crippen molar-refractivity contribution in [1.82, 2.24) is 0 Å². The van der Waals surface area contributed by atoms with E-state index in [4.69, 9.17) is 26.4 Å². The molecule has 0 amide bonds. The van der Waals surface area contributed by atoms with E-state index in [0.29, 0.717) is 6.42 Å². The Hall–Kier alpha value is 0.135. The van der Waals surface area contributed by atoms with Gasteiger partial charge in [0.2, 0.25) is 0 Å². The Morgan fingerprint density at radius 3 is 2.73 bits per heavy atom. The van der Waals surface area contributed by atoms with Crippen molar-refractivity contribution < 1.29 is 23.1 Å². The molecule has 2 radical (unpaired) electrons. The van der Waals surface area contributed by atoms with Crippen LogP contribution < -0.4 is 0 Å². The lowest BCUT2D eigenvalue weighted by atomic mass is 9.96. The largest absolute Gasteiger partial charge is 0.380 e. The Bertz CT molecular complexity index is 249. The number of methoxy groups -OCH3 is 1. The molecule has 0 aromatic heterocycles. The minimum absolute atomic E-state index is 0.114. The van der Waals surface area contributed by atoms with Crippen LogP contribution in [0.15, 0.2) is 0 Å². The zero-order chi connectivity index (χ0) is 11.5. The first-order chi connectivity index (χ1) is 6.98. The van der Waals surface area contributed by atoms with Crippen LogP contribution in [0.1, 0.15) is 6.42 Å². The molecular formula is C8H16BO5P. The van der Waals surface area contributed by atoms with Crippen LogP contribution in [0.3, 0.4) is 0 Å². The third kappa shape index (κ3) is 3.89. The molecule has 1 aliphatic heterocycles. The third-order valence-corrected chi connectivity index (χ3v) is 3.62. The maximum absolute atomic E-state index is 11.4. The summed E-state index contributed by atoms with van der Waals surface area (Å²) in [7, 11) is 5.57. The van der Waals surface area contributed by atoms with Gasteiger partial charge in [-0.3, -0.25) is 4.57 Å². The fourth-order valence-electron chi connectivity index (χ4n) is 1.40. The number of rotatable bonds is 5. The van der Waals surface area contributed by atoms with Crippen molar-refractivity contribution in [3.8, 4) is 0 Å². The summed E-state index contributed by atoms with van der Waals surface area (Å²) in [6, 6.07) is -0.345. The summed E-state index contributed by atoms with van der Waals surface area (Å²) in [5, 5.41) is 0. The molecule has 0 N–H and O–H groups in total. The summed E-state index contributed by atoms with van der Waals surface area (Å²) in [5.41, 5.74) is 0. The van der Waals surface area contributed by atoms with Crippen LogP contribution in [-0.4, -0.2) is 53.5 Å². The zero-order valence-electron chi connectivity index (χ0n) is 9.21. The summed E-state index contributed by atoms with van der Waals surface area (Å²) in [4.78, 5) is 0. The molecule has 1 fully saturated rings. The van der Waals surface area contributed by atoms with Gasteiger partial charge in [0.05, 0.1) is 12.7 Å². The summed E-state index contributed by atoms with van der Waals surface area (Å²) in [5.74, 6) is 0. The van der Waals surface area contributed by atoms with Gasteiger partial charge < -0.3 is 18.5 Å². The first-order valence-corrected chi connectivity index (χ1v) is 6.69. The van der Waals surface area contributed by atoms with Gasteiger partial charge in [0.25, 0.3) is 0 Å². The van der Waals surface area contributed by atoms with E-state index in [1.165, 1.54) is 13.8 Å². The van der Waals surface area contributed by atoms with Crippen LogP contribution in [0.2, 0.25) is 0 Å². The van der Waals surface area contributed by atoms with Gasteiger partial charge >= 0.3 is 7.60 Å². The number of hydrogen-bond acceptors (Lipinski definition) is 5. The molecule has 0 spiro atoms. The molecule has 86 valence electrons. The lowest BCUT2D eigenvalue weighted by Crippen LogP contribution is -2.27. The topological polar surface area (TPSA) is 54.0 Å². The molecule has 5 nitrogen and oxygen atoms in total. The van der Waals surface area contributed by atoms with E-state index < -0.39 is 7.60 Å². The Morgan fingerprint density at radius 1 is 1.53 bits per heavy atom.